The molecule has 3 heterocycles. The van der Waals surface area contributed by atoms with Gasteiger partial charge in [0.05, 0.1) is 52.4 Å². The van der Waals surface area contributed by atoms with Gasteiger partial charge < -0.3 is 44.0 Å². The summed E-state index contributed by atoms with van der Waals surface area (Å²) in [6.45, 7) is 11.4. The molecule has 4 amide bonds. The number of hydrogen-bond acceptors (Lipinski definition) is 12. The van der Waals surface area contributed by atoms with Gasteiger partial charge in [-0.05, 0) is 72.5 Å². The number of morpholine rings is 2. The van der Waals surface area contributed by atoms with Gasteiger partial charge in [0, 0.05) is 76.6 Å². The number of nitrogens with one attached hydrogen (secondary N) is 2. The monoisotopic (exact) mass is 901 g/mol. The van der Waals surface area contributed by atoms with Gasteiger partial charge in [-0.15, -0.1) is 0 Å². The van der Waals surface area contributed by atoms with E-state index in [-0.39, 0.29) is 66.5 Å². The summed E-state index contributed by atoms with van der Waals surface area (Å²) in [6, 6.07) is 20.9. The van der Waals surface area contributed by atoms with Crippen molar-refractivity contribution in [2.45, 2.75) is 59.3 Å². The van der Waals surface area contributed by atoms with Crippen LogP contribution in [-0.2, 0) is 41.5 Å². The highest BCUT2D eigenvalue weighted by molar-refractivity contribution is 6.19. The lowest BCUT2D eigenvalue weighted by Crippen LogP contribution is -2.40. The molecule has 2 N–H and O–H groups in total. The fourth-order valence-electron chi connectivity index (χ4n) is 6.44. The SMILES string of the molecule is C1COCCN1.CC#N.CCc1ccc(Oc2ccc(N3C(=O)CCC3=O)cc2F)c(OC)c1.CCc1ccc(Oc2ccc(NC(=O)CCC(=O)N3CCOCC3)cc2F)c(OC)c1. The van der Waals surface area contributed by atoms with Crippen LogP contribution in [0.2, 0.25) is 0 Å². The summed E-state index contributed by atoms with van der Waals surface area (Å²) >= 11 is 0. The molecule has 0 aromatic heterocycles. The van der Waals surface area contributed by atoms with Gasteiger partial charge in [-0.2, -0.15) is 5.26 Å². The van der Waals surface area contributed by atoms with E-state index in [4.69, 9.17) is 33.7 Å². The number of aryl methyl sites for hydroxylation is 2. The van der Waals surface area contributed by atoms with Crippen LogP contribution in [0.4, 0.5) is 20.2 Å². The Hall–Kier alpha value is -6.61. The Balaban J connectivity index is 0.000000242. The molecule has 0 atom stereocenters. The average molecular weight is 902 g/mol. The summed E-state index contributed by atoms with van der Waals surface area (Å²) in [4.78, 5) is 50.5. The minimum atomic E-state index is -0.661. The number of amides is 4. The first-order chi connectivity index (χ1) is 31.4. The first-order valence-corrected chi connectivity index (χ1v) is 21.3. The number of methoxy groups -OCH3 is 2. The minimum Gasteiger partial charge on any atom is -0.493 e. The summed E-state index contributed by atoms with van der Waals surface area (Å²) in [7, 11) is 3.05. The maximum Gasteiger partial charge on any atom is 0.234 e. The molecule has 7 rings (SSSR count). The molecule has 15 nitrogen and oxygen atoms in total. The van der Waals surface area contributed by atoms with Gasteiger partial charge in [0.25, 0.3) is 0 Å². The quantitative estimate of drug-likeness (QED) is 0.125. The number of ether oxygens (including phenoxy) is 6. The third kappa shape index (κ3) is 15.9. The molecule has 3 aliphatic heterocycles. The Kier molecular flexibility index (Phi) is 21.1. The number of carbonyl (C=O) groups excluding carboxylic acids is 4. The summed E-state index contributed by atoms with van der Waals surface area (Å²) in [5.41, 5.74) is 2.66. The number of halogens is 2. The molecular weight excluding hydrogens is 845 g/mol. The first-order valence-electron chi connectivity index (χ1n) is 21.3. The zero-order valence-corrected chi connectivity index (χ0v) is 37.5. The number of nitrogens with zero attached hydrogens (tertiary/aromatic N) is 3. The van der Waals surface area contributed by atoms with Crippen molar-refractivity contribution in [1.29, 1.82) is 5.26 Å². The highest BCUT2D eigenvalue weighted by Crippen LogP contribution is 2.36. The number of nitriles is 1. The van der Waals surface area contributed by atoms with Crippen molar-refractivity contribution in [3.8, 4) is 40.6 Å². The molecule has 65 heavy (non-hydrogen) atoms. The Bertz CT molecular complexity index is 2230. The number of anilines is 2. The van der Waals surface area contributed by atoms with Gasteiger partial charge in [-0.25, -0.2) is 8.78 Å². The van der Waals surface area contributed by atoms with Crippen molar-refractivity contribution < 1.29 is 56.4 Å². The minimum absolute atomic E-state index is 0.00890. The van der Waals surface area contributed by atoms with Crippen LogP contribution < -0.4 is 34.5 Å². The Morgan fingerprint density at radius 2 is 1.20 bits per heavy atom. The van der Waals surface area contributed by atoms with Gasteiger partial charge in [-0.1, -0.05) is 26.0 Å². The summed E-state index contributed by atoms with van der Waals surface area (Å²) in [6.07, 6.45) is 2.12. The number of imide groups is 1. The number of benzene rings is 4. The van der Waals surface area contributed by atoms with Gasteiger partial charge in [0.1, 0.15) is 0 Å². The highest BCUT2D eigenvalue weighted by atomic mass is 19.1. The molecule has 348 valence electrons. The molecule has 0 radical (unpaired) electrons. The van der Waals surface area contributed by atoms with Crippen molar-refractivity contribution in [3.05, 3.63) is 95.6 Å². The van der Waals surface area contributed by atoms with E-state index in [1.165, 1.54) is 45.4 Å². The molecule has 0 saturated carbocycles. The summed E-state index contributed by atoms with van der Waals surface area (Å²) in [5.74, 6) is -0.554. The molecule has 3 fully saturated rings. The fraction of sp³-hybridized carbons (Fsp3) is 0.396. The largest absolute Gasteiger partial charge is 0.493 e. The van der Waals surface area contributed by atoms with Crippen LogP contribution in [0, 0.1) is 23.0 Å². The Morgan fingerprint density at radius 1 is 0.708 bits per heavy atom. The fourth-order valence-corrected chi connectivity index (χ4v) is 6.44. The number of carbonyl (C=O) groups is 4. The number of rotatable bonds is 13. The van der Waals surface area contributed by atoms with Crippen LogP contribution in [0.3, 0.4) is 0 Å². The molecule has 0 bridgehead atoms. The predicted molar refractivity (Wildman–Crippen MR) is 240 cm³/mol. The van der Waals surface area contributed by atoms with Gasteiger partial charge in [0.2, 0.25) is 23.6 Å². The van der Waals surface area contributed by atoms with Crippen LogP contribution >= 0.6 is 0 Å². The van der Waals surface area contributed by atoms with Crippen LogP contribution in [0.1, 0.15) is 57.6 Å². The van der Waals surface area contributed by atoms with E-state index < -0.39 is 11.6 Å². The van der Waals surface area contributed by atoms with E-state index in [2.05, 4.69) is 10.6 Å². The van der Waals surface area contributed by atoms with Gasteiger partial charge >= 0.3 is 0 Å². The molecule has 0 aliphatic carbocycles. The summed E-state index contributed by atoms with van der Waals surface area (Å²) < 4.78 is 61.1. The van der Waals surface area contributed by atoms with E-state index in [0.29, 0.717) is 55.0 Å². The second-order valence-electron chi connectivity index (χ2n) is 14.4. The average Bonchev–Trinajstić information content (AvgIpc) is 3.67. The van der Waals surface area contributed by atoms with E-state index in [0.717, 1.165) is 61.2 Å². The zero-order chi connectivity index (χ0) is 47.1. The van der Waals surface area contributed by atoms with Crippen molar-refractivity contribution in [2.24, 2.45) is 0 Å². The molecule has 3 saturated heterocycles. The van der Waals surface area contributed by atoms with E-state index in [1.54, 1.807) is 29.2 Å². The highest BCUT2D eigenvalue weighted by Gasteiger charge is 2.31. The van der Waals surface area contributed by atoms with E-state index in [9.17, 15) is 28.0 Å². The first kappa shape index (κ1) is 51.0. The van der Waals surface area contributed by atoms with E-state index >= 15 is 0 Å². The molecule has 4 aromatic rings. The smallest absolute Gasteiger partial charge is 0.234 e. The maximum absolute atomic E-state index is 14.5. The standard InChI is InChI=1S/C23H27FN2O5.C19H18FNO4.C4H9NO.C2H3N/c1-3-16-4-6-20(21(14-16)29-2)31-19-7-5-17(15-18(19)24)25-22(27)8-9-23(28)26-10-12-30-13-11-26;1-3-12-4-6-16(17(10-12)24-2)25-15-7-5-13(11-14(15)20)21-18(22)8-9-19(21)23;1-3-6-4-2-5-1;1-2-3/h4-7,14-15H,3,8-13H2,1-2H3,(H,25,27);4-7,10-11H,3,8-9H2,1-2H3;5H,1-4H2;1H3. The second-order valence-corrected chi connectivity index (χ2v) is 14.4. The molecule has 4 aromatic carbocycles. The lowest BCUT2D eigenvalue weighted by molar-refractivity contribution is -0.136. The maximum atomic E-state index is 14.5. The predicted octanol–water partition coefficient (Wildman–Crippen LogP) is 7.74. The van der Waals surface area contributed by atoms with Gasteiger partial charge in [-0.3, -0.25) is 24.1 Å². The Morgan fingerprint density at radius 3 is 1.65 bits per heavy atom. The molecule has 3 aliphatic rings. The van der Waals surface area contributed by atoms with Crippen LogP contribution in [0.15, 0.2) is 72.8 Å². The van der Waals surface area contributed by atoms with E-state index in [1.807, 2.05) is 38.1 Å². The van der Waals surface area contributed by atoms with Crippen molar-refractivity contribution in [1.82, 2.24) is 10.2 Å². The van der Waals surface area contributed by atoms with Crippen molar-refractivity contribution in [2.75, 3.05) is 77.0 Å². The summed E-state index contributed by atoms with van der Waals surface area (Å²) in [5, 5.41) is 13.1. The molecule has 17 heteroatoms. The van der Waals surface area contributed by atoms with Crippen molar-refractivity contribution in [3.63, 3.8) is 0 Å². The third-order valence-corrected chi connectivity index (χ3v) is 9.93. The molecular formula is C48H57F2N5O10. The number of hydrogen-bond donors (Lipinski definition) is 2. The molecule has 0 unspecified atom stereocenters. The molecule has 0 spiro atoms. The van der Waals surface area contributed by atoms with Crippen LogP contribution in [0.5, 0.6) is 34.5 Å². The normalized spacial score (nSPS) is 14.2. The zero-order valence-electron chi connectivity index (χ0n) is 37.5. The van der Waals surface area contributed by atoms with Crippen LogP contribution in [0.25, 0.3) is 0 Å². The third-order valence-electron chi connectivity index (χ3n) is 9.93. The van der Waals surface area contributed by atoms with Crippen LogP contribution in [-0.4, -0.2) is 95.4 Å². The Labute approximate surface area is 378 Å². The lowest BCUT2D eigenvalue weighted by atomic mass is 10.1. The topological polar surface area (TPSA) is 178 Å². The van der Waals surface area contributed by atoms with Crippen molar-refractivity contribution >= 4 is 35.0 Å². The second kappa shape index (κ2) is 26.9. The van der Waals surface area contributed by atoms with Gasteiger partial charge in [0.15, 0.2) is 46.1 Å². The lowest BCUT2D eigenvalue weighted by Gasteiger charge is -2.26.